The van der Waals surface area contributed by atoms with Crippen molar-refractivity contribution in [2.75, 3.05) is 20.8 Å². The topological polar surface area (TPSA) is 149 Å². The molecule has 0 bridgehead atoms. The number of sulfonamides is 1. The lowest BCUT2D eigenvalue weighted by molar-refractivity contribution is -0.384. The normalized spacial score (nSPS) is 11.3. The zero-order valence-electron chi connectivity index (χ0n) is 15.8. The Kier molecular flexibility index (Phi) is 7.69. The van der Waals surface area contributed by atoms with Crippen LogP contribution in [0.3, 0.4) is 0 Å². The first kappa shape index (κ1) is 23.1. The van der Waals surface area contributed by atoms with E-state index in [4.69, 9.17) is 21.1 Å². The summed E-state index contributed by atoms with van der Waals surface area (Å²) in [6, 6.07) is 7.69. The van der Waals surface area contributed by atoms with Crippen LogP contribution in [0.25, 0.3) is 0 Å². The standard InChI is InChI=1S/C17H17ClN4O7S/c1-28-15-6-4-13(8-16(15)29-2)30(26,27)20-10-17(23)21-19-9-11-7-12(22(24)25)3-5-14(11)18/h3-9,20H,10H2,1-2H3,(H,21,23). The number of hydrogen-bond acceptors (Lipinski definition) is 8. The third-order valence-electron chi connectivity index (χ3n) is 3.67. The lowest BCUT2D eigenvalue weighted by Crippen LogP contribution is -2.34. The number of nitro benzene ring substituents is 1. The summed E-state index contributed by atoms with van der Waals surface area (Å²) in [6.07, 6.45) is 1.11. The highest BCUT2D eigenvalue weighted by Gasteiger charge is 2.18. The number of nitro groups is 1. The average molecular weight is 457 g/mol. The molecule has 30 heavy (non-hydrogen) atoms. The Morgan fingerprint density at radius 1 is 1.20 bits per heavy atom. The van der Waals surface area contributed by atoms with Crippen molar-refractivity contribution in [3.8, 4) is 11.5 Å². The maximum absolute atomic E-state index is 12.3. The Hall–Kier alpha value is -3.22. The van der Waals surface area contributed by atoms with E-state index in [1.54, 1.807) is 0 Å². The third-order valence-corrected chi connectivity index (χ3v) is 5.41. The van der Waals surface area contributed by atoms with Crippen LogP contribution >= 0.6 is 11.6 Å². The molecule has 2 N–H and O–H groups in total. The van der Waals surface area contributed by atoms with Crippen LogP contribution in [0, 0.1) is 10.1 Å². The zero-order valence-corrected chi connectivity index (χ0v) is 17.4. The molecule has 0 saturated heterocycles. The Morgan fingerprint density at radius 2 is 1.90 bits per heavy atom. The number of carbonyl (C=O) groups is 1. The fraction of sp³-hybridized carbons (Fsp3) is 0.176. The van der Waals surface area contributed by atoms with E-state index in [0.29, 0.717) is 5.75 Å². The van der Waals surface area contributed by atoms with Gasteiger partial charge in [-0.2, -0.15) is 5.10 Å². The number of nitrogens with zero attached hydrogens (tertiary/aromatic N) is 2. The molecule has 160 valence electrons. The minimum absolute atomic E-state index is 0.125. The second-order valence-corrected chi connectivity index (χ2v) is 7.77. The van der Waals surface area contributed by atoms with Gasteiger partial charge in [-0.3, -0.25) is 14.9 Å². The van der Waals surface area contributed by atoms with E-state index in [9.17, 15) is 23.3 Å². The van der Waals surface area contributed by atoms with E-state index < -0.39 is 27.4 Å². The first-order chi connectivity index (χ1) is 14.2. The second kappa shape index (κ2) is 10.0. The maximum atomic E-state index is 12.3. The van der Waals surface area contributed by atoms with Crippen LogP contribution in [-0.2, 0) is 14.8 Å². The number of nitrogens with one attached hydrogen (secondary N) is 2. The molecule has 0 fully saturated rings. The van der Waals surface area contributed by atoms with Gasteiger partial charge in [-0.05, 0) is 18.2 Å². The molecule has 2 aromatic carbocycles. The van der Waals surface area contributed by atoms with Gasteiger partial charge < -0.3 is 9.47 Å². The van der Waals surface area contributed by atoms with Gasteiger partial charge in [0, 0.05) is 28.8 Å². The van der Waals surface area contributed by atoms with E-state index in [2.05, 4.69) is 15.2 Å². The number of hydrogen-bond donors (Lipinski definition) is 2. The van der Waals surface area contributed by atoms with Crippen molar-refractivity contribution in [2.45, 2.75) is 4.90 Å². The smallest absolute Gasteiger partial charge is 0.270 e. The highest BCUT2D eigenvalue weighted by atomic mass is 35.5. The van der Waals surface area contributed by atoms with Gasteiger partial charge in [0.1, 0.15) is 0 Å². The van der Waals surface area contributed by atoms with Crippen LogP contribution in [0.2, 0.25) is 5.02 Å². The van der Waals surface area contributed by atoms with Crippen molar-refractivity contribution in [3.05, 3.63) is 57.1 Å². The van der Waals surface area contributed by atoms with Gasteiger partial charge in [-0.25, -0.2) is 18.6 Å². The molecule has 0 atom stereocenters. The largest absolute Gasteiger partial charge is 0.493 e. The van der Waals surface area contributed by atoms with Gasteiger partial charge in [0.15, 0.2) is 11.5 Å². The van der Waals surface area contributed by atoms with Crippen LogP contribution in [0.4, 0.5) is 5.69 Å². The van der Waals surface area contributed by atoms with Gasteiger partial charge in [-0.1, -0.05) is 11.6 Å². The predicted octanol–water partition coefficient (Wildman–Crippen LogP) is 1.69. The molecule has 0 aliphatic rings. The lowest BCUT2D eigenvalue weighted by Gasteiger charge is -2.10. The summed E-state index contributed by atoms with van der Waals surface area (Å²) >= 11 is 5.91. The highest BCUT2D eigenvalue weighted by molar-refractivity contribution is 7.89. The summed E-state index contributed by atoms with van der Waals surface area (Å²) in [7, 11) is -1.23. The van der Waals surface area contributed by atoms with Crippen molar-refractivity contribution in [1.29, 1.82) is 0 Å². The van der Waals surface area contributed by atoms with E-state index in [1.807, 2.05) is 0 Å². The summed E-state index contributed by atoms with van der Waals surface area (Å²) in [5.74, 6) is -0.205. The molecule has 0 radical (unpaired) electrons. The molecule has 0 heterocycles. The van der Waals surface area contributed by atoms with Crippen molar-refractivity contribution >= 4 is 39.4 Å². The highest BCUT2D eigenvalue weighted by Crippen LogP contribution is 2.29. The second-order valence-electron chi connectivity index (χ2n) is 5.60. The molecule has 2 aromatic rings. The molecule has 0 unspecified atom stereocenters. The molecule has 0 aromatic heterocycles. The van der Waals surface area contributed by atoms with Gasteiger partial charge >= 0.3 is 0 Å². The van der Waals surface area contributed by atoms with Crippen LogP contribution in [0.1, 0.15) is 5.56 Å². The Balaban J connectivity index is 2.00. The zero-order chi connectivity index (χ0) is 22.3. The van der Waals surface area contributed by atoms with E-state index in [-0.39, 0.29) is 26.9 Å². The molecule has 13 heteroatoms. The summed E-state index contributed by atoms with van der Waals surface area (Å²) in [6.45, 7) is -0.601. The number of non-ortho nitro benzene ring substituents is 1. The average Bonchev–Trinajstić information content (AvgIpc) is 2.72. The van der Waals surface area contributed by atoms with Crippen molar-refractivity contribution in [1.82, 2.24) is 10.1 Å². The van der Waals surface area contributed by atoms with Gasteiger partial charge in [0.05, 0.1) is 36.8 Å². The minimum Gasteiger partial charge on any atom is -0.493 e. The number of amides is 1. The monoisotopic (exact) mass is 456 g/mol. The first-order valence-electron chi connectivity index (χ1n) is 8.15. The van der Waals surface area contributed by atoms with Crippen LogP contribution in [-0.4, -0.2) is 46.2 Å². The fourth-order valence-electron chi connectivity index (χ4n) is 2.18. The number of methoxy groups -OCH3 is 2. The molecular weight excluding hydrogens is 440 g/mol. The fourth-order valence-corrected chi connectivity index (χ4v) is 3.35. The van der Waals surface area contributed by atoms with E-state index in [0.717, 1.165) is 6.21 Å². The molecule has 0 saturated carbocycles. The van der Waals surface area contributed by atoms with Crippen LogP contribution < -0.4 is 19.6 Å². The SMILES string of the molecule is COc1ccc(S(=O)(=O)NCC(=O)NN=Cc2cc([N+](=O)[O-])ccc2Cl)cc1OC. The van der Waals surface area contributed by atoms with Crippen molar-refractivity contribution in [3.63, 3.8) is 0 Å². The van der Waals surface area contributed by atoms with Crippen molar-refractivity contribution in [2.24, 2.45) is 5.10 Å². The number of carbonyl (C=O) groups excluding carboxylic acids is 1. The van der Waals surface area contributed by atoms with E-state index >= 15 is 0 Å². The molecule has 0 aliphatic carbocycles. The number of hydrazone groups is 1. The van der Waals surface area contributed by atoms with Gasteiger partial charge in [0.25, 0.3) is 11.6 Å². The Morgan fingerprint density at radius 3 is 2.53 bits per heavy atom. The molecule has 1 amide bonds. The summed E-state index contributed by atoms with van der Waals surface area (Å²) < 4.78 is 36.9. The number of rotatable bonds is 9. The summed E-state index contributed by atoms with van der Waals surface area (Å²) in [4.78, 5) is 21.9. The van der Waals surface area contributed by atoms with Crippen LogP contribution in [0.15, 0.2) is 46.4 Å². The lowest BCUT2D eigenvalue weighted by atomic mass is 10.2. The molecule has 2 rings (SSSR count). The Bertz CT molecular complexity index is 1090. The van der Waals surface area contributed by atoms with E-state index in [1.165, 1.54) is 50.6 Å². The molecule has 0 aliphatic heterocycles. The van der Waals surface area contributed by atoms with Crippen molar-refractivity contribution < 1.29 is 27.6 Å². The third kappa shape index (κ3) is 5.89. The van der Waals surface area contributed by atoms with Crippen LogP contribution in [0.5, 0.6) is 11.5 Å². The maximum Gasteiger partial charge on any atom is 0.270 e. The summed E-state index contributed by atoms with van der Waals surface area (Å²) in [5.41, 5.74) is 2.11. The number of halogens is 1. The number of ether oxygens (including phenoxy) is 2. The minimum atomic E-state index is -4.01. The molecule has 0 spiro atoms. The predicted molar refractivity (Wildman–Crippen MR) is 109 cm³/mol. The first-order valence-corrected chi connectivity index (χ1v) is 10.0. The summed E-state index contributed by atoms with van der Waals surface area (Å²) in [5, 5.41) is 14.6. The quantitative estimate of drug-likeness (QED) is 0.331. The van der Waals surface area contributed by atoms with Gasteiger partial charge in [0.2, 0.25) is 10.0 Å². The molecule has 11 nitrogen and oxygen atoms in total. The Labute approximate surface area is 176 Å². The van der Waals surface area contributed by atoms with Gasteiger partial charge in [-0.15, -0.1) is 0 Å². The number of benzene rings is 2. The molecular formula is C17H17ClN4O7S.